The van der Waals surface area contributed by atoms with Crippen LogP contribution in [0.1, 0.15) is 118 Å². The number of halogens is 1. The van der Waals surface area contributed by atoms with Crippen LogP contribution >= 0.6 is 38.4 Å². The zero-order valence-electron chi connectivity index (χ0n) is 33.7. The highest BCUT2D eigenvalue weighted by Crippen LogP contribution is 2.72. The Kier molecular flexibility index (Phi) is 20.6. The van der Waals surface area contributed by atoms with Gasteiger partial charge in [0.05, 0.1) is 29.3 Å². The second-order valence-corrected chi connectivity index (χ2v) is 22.5. The maximum absolute atomic E-state index is 6.75. The molecule has 0 aliphatic heterocycles. The Bertz CT molecular complexity index is 1400. The van der Waals surface area contributed by atoms with Crippen LogP contribution in [0, 0.1) is 0 Å². The highest BCUT2D eigenvalue weighted by Gasteiger charge is 2.48. The molecule has 0 N–H and O–H groups in total. The molecule has 0 amide bonds. The van der Waals surface area contributed by atoms with E-state index in [0.717, 1.165) is 106 Å². The Morgan fingerprint density at radius 2 is 0.630 bits per heavy atom. The van der Waals surface area contributed by atoms with E-state index in [9.17, 15) is 0 Å². The summed E-state index contributed by atoms with van der Waals surface area (Å²) < 4.78 is 26.7. The third-order valence-electron chi connectivity index (χ3n) is 9.58. The molecule has 0 spiro atoms. The molecule has 0 aliphatic carbocycles. The SMILES string of the molecule is CCCCCOc1ccccc1P(c1ccccc1OCCCCC)C(I)(CC)P(c1ccccc1OCCCCC)c1ccccc1OCCCCC. The Hall–Kier alpha value is -2.33. The normalized spacial score (nSPS) is 11.6. The molecule has 0 heterocycles. The summed E-state index contributed by atoms with van der Waals surface area (Å²) in [6.45, 7) is 14.2. The molecule has 0 atom stereocenters. The van der Waals surface area contributed by atoms with Crippen molar-refractivity contribution < 1.29 is 18.9 Å². The van der Waals surface area contributed by atoms with Gasteiger partial charge in [-0.05, 0) is 72.2 Å². The van der Waals surface area contributed by atoms with E-state index in [1.165, 1.54) is 21.2 Å². The molecular weight excluding hydrogens is 817 g/mol. The second kappa shape index (κ2) is 25.0. The monoisotopic (exact) mass is 882 g/mol. The predicted molar refractivity (Wildman–Crippen MR) is 245 cm³/mol. The van der Waals surface area contributed by atoms with Gasteiger partial charge in [-0.25, -0.2) is 0 Å². The largest absolute Gasteiger partial charge is 0.493 e. The van der Waals surface area contributed by atoms with Crippen LogP contribution in [0.5, 0.6) is 23.0 Å². The third kappa shape index (κ3) is 12.6. The molecule has 0 fully saturated rings. The molecule has 0 unspecified atom stereocenters. The van der Waals surface area contributed by atoms with Gasteiger partial charge in [0.25, 0.3) is 0 Å². The van der Waals surface area contributed by atoms with Gasteiger partial charge in [-0.15, -0.1) is 0 Å². The van der Waals surface area contributed by atoms with Crippen molar-refractivity contribution in [3.63, 3.8) is 0 Å². The van der Waals surface area contributed by atoms with Gasteiger partial charge in [0, 0.05) is 21.2 Å². The minimum Gasteiger partial charge on any atom is -0.493 e. The molecule has 4 nitrogen and oxygen atoms in total. The lowest BCUT2D eigenvalue weighted by Crippen LogP contribution is -2.36. The number of unbranched alkanes of at least 4 members (excludes halogenated alkanes) is 8. The Morgan fingerprint density at radius 1 is 0.389 bits per heavy atom. The van der Waals surface area contributed by atoms with Crippen molar-refractivity contribution in [3.8, 4) is 23.0 Å². The lowest BCUT2D eigenvalue weighted by molar-refractivity contribution is 0.308. The van der Waals surface area contributed by atoms with E-state index in [1.807, 2.05) is 0 Å². The second-order valence-electron chi connectivity index (χ2n) is 13.8. The Balaban J connectivity index is 2.00. The maximum Gasteiger partial charge on any atom is 0.127 e. The number of alkyl halides is 1. The van der Waals surface area contributed by atoms with Crippen molar-refractivity contribution in [2.24, 2.45) is 0 Å². The minimum atomic E-state index is -1.08. The third-order valence-corrected chi connectivity index (χ3v) is 19.8. The van der Waals surface area contributed by atoms with Gasteiger partial charge >= 0.3 is 0 Å². The molecule has 0 saturated heterocycles. The molecular formula is C47H65IO4P2. The summed E-state index contributed by atoms with van der Waals surface area (Å²) in [7, 11) is -2.16. The number of hydrogen-bond acceptors (Lipinski definition) is 4. The summed E-state index contributed by atoms with van der Waals surface area (Å²) in [5.74, 6) is 3.94. The van der Waals surface area contributed by atoms with Crippen molar-refractivity contribution >= 4 is 59.7 Å². The summed E-state index contributed by atoms with van der Waals surface area (Å²) in [4.78, 5) is 0. The van der Waals surface area contributed by atoms with Crippen molar-refractivity contribution in [1.82, 2.24) is 0 Å². The quantitative estimate of drug-likeness (QED) is 0.0259. The van der Waals surface area contributed by atoms with E-state index >= 15 is 0 Å². The van der Waals surface area contributed by atoms with Crippen LogP contribution in [0.4, 0.5) is 0 Å². The van der Waals surface area contributed by atoms with Crippen molar-refractivity contribution in [1.29, 1.82) is 0 Å². The zero-order chi connectivity index (χ0) is 38.4. The first-order valence-corrected chi connectivity index (χ1v) is 24.5. The standard InChI is InChI=1S/C47H65IO4P2/c1-6-11-23-35-49-39-27-15-19-31-43(39)53(44-32-20-16-28-40(44)50-36-24-12-7-2)47(48,10-5)54(45-33-21-17-29-41(45)51-37-25-13-8-3)46-34-22-18-30-42(46)52-38-26-14-9-4/h15-22,27-34H,6-14,23-26,35-38H2,1-5H3. The van der Waals surface area contributed by atoms with Crippen LogP contribution < -0.4 is 40.2 Å². The number of para-hydroxylation sites is 4. The smallest absolute Gasteiger partial charge is 0.127 e. The molecule has 4 rings (SSSR count). The molecule has 0 bridgehead atoms. The molecule has 0 aliphatic rings. The van der Waals surface area contributed by atoms with E-state index in [1.54, 1.807) is 0 Å². The molecule has 0 saturated carbocycles. The number of hydrogen-bond donors (Lipinski definition) is 0. The van der Waals surface area contributed by atoms with Crippen molar-refractivity contribution in [2.75, 3.05) is 26.4 Å². The van der Waals surface area contributed by atoms with Gasteiger partial charge in [0.2, 0.25) is 0 Å². The minimum absolute atomic E-state index is 0.292. The lowest BCUT2D eigenvalue weighted by atomic mass is 10.3. The molecule has 294 valence electrons. The van der Waals surface area contributed by atoms with Crippen LogP contribution in [0.25, 0.3) is 0 Å². The molecule has 4 aromatic rings. The summed E-state index contributed by atoms with van der Waals surface area (Å²) >= 11 is 2.88. The summed E-state index contributed by atoms with van der Waals surface area (Å²) in [6.07, 6.45) is 14.4. The van der Waals surface area contributed by atoms with Gasteiger partial charge in [-0.1, -0.05) is 181 Å². The van der Waals surface area contributed by atoms with E-state index in [0.29, 0.717) is 26.4 Å². The van der Waals surface area contributed by atoms with E-state index in [-0.39, 0.29) is 2.90 Å². The zero-order valence-corrected chi connectivity index (χ0v) is 37.6. The van der Waals surface area contributed by atoms with Crippen LogP contribution in [0.15, 0.2) is 97.1 Å². The molecule has 0 radical (unpaired) electrons. The van der Waals surface area contributed by atoms with Gasteiger partial charge in [-0.3, -0.25) is 0 Å². The van der Waals surface area contributed by atoms with Gasteiger partial charge in [0.1, 0.15) is 23.0 Å². The molecule has 0 aromatic heterocycles. The fourth-order valence-electron chi connectivity index (χ4n) is 6.61. The average molecular weight is 883 g/mol. The fourth-order valence-corrected chi connectivity index (χ4v) is 16.8. The maximum atomic E-state index is 6.75. The molecule has 54 heavy (non-hydrogen) atoms. The van der Waals surface area contributed by atoms with E-state index < -0.39 is 15.8 Å². The average Bonchev–Trinajstić information content (AvgIpc) is 3.20. The van der Waals surface area contributed by atoms with E-state index in [2.05, 4.69) is 154 Å². The first-order valence-electron chi connectivity index (χ1n) is 20.7. The first kappa shape index (κ1) is 44.4. The molecule has 7 heteroatoms. The first-order chi connectivity index (χ1) is 26.5. The Labute approximate surface area is 344 Å². The highest BCUT2D eigenvalue weighted by atomic mass is 127. The lowest BCUT2D eigenvalue weighted by Gasteiger charge is -2.44. The van der Waals surface area contributed by atoms with Gasteiger partial charge in [-0.2, -0.15) is 0 Å². The number of rotatable bonds is 27. The van der Waals surface area contributed by atoms with Crippen LogP contribution in [0.2, 0.25) is 0 Å². The van der Waals surface area contributed by atoms with Gasteiger partial charge < -0.3 is 18.9 Å². The van der Waals surface area contributed by atoms with Crippen molar-refractivity contribution in [3.05, 3.63) is 97.1 Å². The highest BCUT2D eigenvalue weighted by molar-refractivity contribution is 14.1. The summed E-state index contributed by atoms with van der Waals surface area (Å²) in [5.41, 5.74) is 0. The van der Waals surface area contributed by atoms with Crippen molar-refractivity contribution in [2.45, 2.75) is 121 Å². The van der Waals surface area contributed by atoms with E-state index in [4.69, 9.17) is 18.9 Å². The van der Waals surface area contributed by atoms with Gasteiger partial charge in [0.15, 0.2) is 0 Å². The fraction of sp³-hybridized carbons (Fsp3) is 0.489. The number of benzene rings is 4. The molecule has 4 aromatic carbocycles. The number of ether oxygens (including phenoxy) is 4. The van der Waals surface area contributed by atoms with Crippen LogP contribution in [0.3, 0.4) is 0 Å². The van der Waals surface area contributed by atoms with Crippen LogP contribution in [-0.2, 0) is 0 Å². The topological polar surface area (TPSA) is 36.9 Å². The summed E-state index contributed by atoms with van der Waals surface area (Å²) in [5, 5.41) is 5.06. The summed E-state index contributed by atoms with van der Waals surface area (Å²) in [6, 6.07) is 35.3. The predicted octanol–water partition coefficient (Wildman–Crippen LogP) is 13.0. The Morgan fingerprint density at radius 3 is 0.852 bits per heavy atom. The van der Waals surface area contributed by atoms with Crippen LogP contribution in [-0.4, -0.2) is 29.3 Å².